The molecule has 0 atom stereocenters. The van der Waals surface area contributed by atoms with E-state index in [0.717, 1.165) is 0 Å². The van der Waals surface area contributed by atoms with Gasteiger partial charge < -0.3 is 9.47 Å². The van der Waals surface area contributed by atoms with Crippen molar-refractivity contribution in [2.24, 2.45) is 0 Å². The van der Waals surface area contributed by atoms with E-state index >= 15 is 0 Å². The van der Waals surface area contributed by atoms with Crippen LogP contribution in [0.15, 0.2) is 23.1 Å². The predicted octanol–water partition coefficient (Wildman–Crippen LogP) is 1.23. The molecule has 0 aliphatic heterocycles. The molecule has 6 nitrogen and oxygen atoms in total. The first-order chi connectivity index (χ1) is 9.26. The molecule has 0 unspecified atom stereocenters. The van der Waals surface area contributed by atoms with E-state index < -0.39 is 15.9 Å². The number of aryl methyl sites for hydroxylation is 1. The maximum Gasteiger partial charge on any atom is 0.264 e. The van der Waals surface area contributed by atoms with E-state index in [1.54, 1.807) is 26.8 Å². The normalized spacial score (nSPS) is 11.4. The minimum Gasteiger partial charge on any atom is -0.496 e. The number of carbonyl (C=O) groups is 1. The van der Waals surface area contributed by atoms with Gasteiger partial charge in [0.15, 0.2) is 0 Å². The van der Waals surface area contributed by atoms with E-state index in [1.807, 2.05) is 4.72 Å². The zero-order valence-corrected chi connectivity index (χ0v) is 12.8. The van der Waals surface area contributed by atoms with Crippen molar-refractivity contribution in [2.45, 2.75) is 31.8 Å². The fourth-order valence-electron chi connectivity index (χ4n) is 1.50. The Morgan fingerprint density at radius 2 is 2.00 bits per heavy atom. The van der Waals surface area contributed by atoms with Crippen LogP contribution < -0.4 is 9.46 Å². The fourth-order valence-corrected chi connectivity index (χ4v) is 2.55. The average Bonchev–Trinajstić information content (AvgIpc) is 2.35. The molecule has 1 aromatic carbocycles. The van der Waals surface area contributed by atoms with Gasteiger partial charge in [-0.05, 0) is 44.5 Å². The van der Waals surface area contributed by atoms with Gasteiger partial charge in [0.1, 0.15) is 12.4 Å². The number of nitrogens with one attached hydrogen (secondary N) is 1. The molecule has 1 N–H and O–H groups in total. The molecule has 0 aliphatic carbocycles. The van der Waals surface area contributed by atoms with Crippen LogP contribution in [0.5, 0.6) is 5.75 Å². The van der Waals surface area contributed by atoms with E-state index in [1.165, 1.54) is 19.2 Å². The largest absolute Gasteiger partial charge is 0.496 e. The molecule has 1 amide bonds. The highest BCUT2D eigenvalue weighted by atomic mass is 32.2. The quantitative estimate of drug-likeness (QED) is 0.854. The first-order valence-electron chi connectivity index (χ1n) is 6.08. The molecule has 0 radical (unpaired) electrons. The molecule has 112 valence electrons. The summed E-state index contributed by atoms with van der Waals surface area (Å²) in [5.74, 6) is -0.120. The van der Waals surface area contributed by atoms with Crippen LogP contribution in [-0.4, -0.2) is 34.1 Å². The highest BCUT2D eigenvalue weighted by Gasteiger charge is 2.18. The van der Waals surface area contributed by atoms with Gasteiger partial charge in [0, 0.05) is 0 Å². The van der Waals surface area contributed by atoms with Gasteiger partial charge in [-0.1, -0.05) is 0 Å². The van der Waals surface area contributed by atoms with E-state index in [4.69, 9.17) is 9.47 Å². The van der Waals surface area contributed by atoms with Crippen LogP contribution in [-0.2, 0) is 19.6 Å². The van der Waals surface area contributed by atoms with Crippen LogP contribution in [0.2, 0.25) is 0 Å². The summed E-state index contributed by atoms with van der Waals surface area (Å²) >= 11 is 0. The summed E-state index contributed by atoms with van der Waals surface area (Å²) in [7, 11) is -2.39. The number of methoxy groups -OCH3 is 1. The second-order valence-electron chi connectivity index (χ2n) is 4.52. The lowest BCUT2D eigenvalue weighted by Gasteiger charge is -2.11. The van der Waals surface area contributed by atoms with Crippen molar-refractivity contribution in [3.63, 3.8) is 0 Å². The maximum absolute atomic E-state index is 12.0. The van der Waals surface area contributed by atoms with Gasteiger partial charge in [-0.2, -0.15) is 0 Å². The number of sulfonamides is 1. The van der Waals surface area contributed by atoms with Crippen LogP contribution in [0.1, 0.15) is 19.4 Å². The molecule has 1 aromatic rings. The second-order valence-corrected chi connectivity index (χ2v) is 6.20. The Balaban J connectivity index is 2.83. The molecule has 0 heterocycles. The smallest absolute Gasteiger partial charge is 0.264 e. The number of hydrogen-bond donors (Lipinski definition) is 1. The van der Waals surface area contributed by atoms with Crippen LogP contribution >= 0.6 is 0 Å². The van der Waals surface area contributed by atoms with Gasteiger partial charge in [0.05, 0.1) is 18.1 Å². The molecule has 0 saturated carbocycles. The molecule has 0 saturated heterocycles. The molecule has 1 rings (SSSR count). The first-order valence-corrected chi connectivity index (χ1v) is 7.56. The highest BCUT2D eigenvalue weighted by Crippen LogP contribution is 2.21. The van der Waals surface area contributed by atoms with E-state index in [0.29, 0.717) is 11.3 Å². The van der Waals surface area contributed by atoms with Gasteiger partial charge in [0.25, 0.3) is 15.9 Å². The van der Waals surface area contributed by atoms with Crippen molar-refractivity contribution in [1.82, 2.24) is 4.72 Å². The minimum absolute atomic E-state index is 0.00805. The number of amides is 1. The summed E-state index contributed by atoms with van der Waals surface area (Å²) in [5, 5.41) is 0. The van der Waals surface area contributed by atoms with Gasteiger partial charge >= 0.3 is 0 Å². The Labute approximate surface area is 119 Å². The standard InChI is InChI=1S/C13H19NO5S/c1-9(2)19-8-13(15)14-20(16,17)11-5-6-12(18-4)10(3)7-11/h5-7,9H,8H2,1-4H3,(H,14,15). The second kappa shape index (κ2) is 6.71. The summed E-state index contributed by atoms with van der Waals surface area (Å²) in [6, 6.07) is 4.36. The number of rotatable bonds is 6. The Hall–Kier alpha value is -1.60. The zero-order chi connectivity index (χ0) is 15.3. The van der Waals surface area contributed by atoms with Crippen LogP contribution in [0.3, 0.4) is 0 Å². The van der Waals surface area contributed by atoms with Crippen molar-refractivity contribution >= 4 is 15.9 Å². The van der Waals surface area contributed by atoms with Gasteiger partial charge in [-0.25, -0.2) is 13.1 Å². The summed E-state index contributed by atoms with van der Waals surface area (Å²) in [6.07, 6.45) is -0.147. The third-order valence-corrected chi connectivity index (χ3v) is 3.84. The van der Waals surface area contributed by atoms with Crippen molar-refractivity contribution in [2.75, 3.05) is 13.7 Å². The number of hydrogen-bond acceptors (Lipinski definition) is 5. The Bertz CT molecular complexity index is 580. The molecule has 0 bridgehead atoms. The van der Waals surface area contributed by atoms with Gasteiger partial charge in [-0.3, -0.25) is 4.79 Å². The molecule has 0 aromatic heterocycles. The zero-order valence-electron chi connectivity index (χ0n) is 12.0. The molecule has 7 heteroatoms. The molecular weight excluding hydrogens is 282 g/mol. The van der Waals surface area contributed by atoms with E-state index in [9.17, 15) is 13.2 Å². The molecule has 0 aliphatic rings. The minimum atomic E-state index is -3.89. The Morgan fingerprint density at radius 3 is 2.50 bits per heavy atom. The average molecular weight is 301 g/mol. The van der Waals surface area contributed by atoms with E-state index in [2.05, 4.69) is 0 Å². The lowest BCUT2D eigenvalue weighted by molar-refractivity contribution is -0.125. The fraction of sp³-hybridized carbons (Fsp3) is 0.462. The van der Waals surface area contributed by atoms with Crippen molar-refractivity contribution in [1.29, 1.82) is 0 Å². The topological polar surface area (TPSA) is 81.7 Å². The van der Waals surface area contributed by atoms with Crippen molar-refractivity contribution < 1.29 is 22.7 Å². The number of ether oxygens (including phenoxy) is 2. The third kappa shape index (κ3) is 4.50. The lowest BCUT2D eigenvalue weighted by atomic mass is 10.2. The SMILES string of the molecule is COc1ccc(S(=O)(=O)NC(=O)COC(C)C)cc1C. The van der Waals surface area contributed by atoms with Gasteiger partial charge in [0.2, 0.25) is 0 Å². The highest BCUT2D eigenvalue weighted by molar-refractivity contribution is 7.90. The molecular formula is C13H19NO5S. The summed E-state index contributed by atoms with van der Waals surface area (Å²) < 4.78 is 36.1. The van der Waals surface area contributed by atoms with E-state index in [-0.39, 0.29) is 17.6 Å². The first kappa shape index (κ1) is 16.5. The monoisotopic (exact) mass is 301 g/mol. The predicted molar refractivity (Wildman–Crippen MR) is 74.1 cm³/mol. The Morgan fingerprint density at radius 1 is 1.35 bits per heavy atom. The third-order valence-electron chi connectivity index (χ3n) is 2.47. The van der Waals surface area contributed by atoms with Crippen LogP contribution in [0.25, 0.3) is 0 Å². The van der Waals surface area contributed by atoms with Crippen molar-refractivity contribution in [3.05, 3.63) is 23.8 Å². The molecule has 0 spiro atoms. The molecule has 0 fully saturated rings. The summed E-state index contributed by atoms with van der Waals surface area (Å²) in [4.78, 5) is 11.5. The van der Waals surface area contributed by atoms with Crippen molar-refractivity contribution in [3.8, 4) is 5.75 Å². The summed E-state index contributed by atoms with van der Waals surface area (Å²) in [6.45, 7) is 4.94. The molecule has 20 heavy (non-hydrogen) atoms. The van der Waals surface area contributed by atoms with Gasteiger partial charge in [-0.15, -0.1) is 0 Å². The van der Waals surface area contributed by atoms with Crippen LogP contribution in [0.4, 0.5) is 0 Å². The van der Waals surface area contributed by atoms with Crippen LogP contribution in [0, 0.1) is 6.92 Å². The Kier molecular flexibility index (Phi) is 5.52. The number of carbonyl (C=O) groups excluding carboxylic acids is 1. The number of benzene rings is 1. The summed E-state index contributed by atoms with van der Waals surface area (Å²) in [5.41, 5.74) is 0.668. The maximum atomic E-state index is 12.0. The lowest BCUT2D eigenvalue weighted by Crippen LogP contribution is -2.34.